The van der Waals surface area contributed by atoms with Crippen molar-refractivity contribution in [3.8, 4) is 0 Å². The molecule has 2 rings (SSSR count). The number of amides is 1. The molecule has 1 aliphatic rings. The Morgan fingerprint density at radius 1 is 1.61 bits per heavy atom. The van der Waals surface area contributed by atoms with Crippen LogP contribution < -0.4 is 5.32 Å². The number of ether oxygens (including phenoxy) is 2. The lowest BCUT2D eigenvalue weighted by Gasteiger charge is -2.27. The summed E-state index contributed by atoms with van der Waals surface area (Å²) < 4.78 is 23.5. The average Bonchev–Trinajstić information content (AvgIpc) is 2.78. The van der Waals surface area contributed by atoms with Crippen LogP contribution in [0.3, 0.4) is 0 Å². The van der Waals surface area contributed by atoms with Gasteiger partial charge in [-0.3, -0.25) is 4.79 Å². The van der Waals surface area contributed by atoms with Crippen molar-refractivity contribution >= 4 is 5.91 Å². The predicted octanol–water partition coefficient (Wildman–Crippen LogP) is 1.36. The summed E-state index contributed by atoms with van der Waals surface area (Å²) in [4.78, 5) is 12.0. The van der Waals surface area contributed by atoms with Gasteiger partial charge >= 0.3 is 0 Å². The number of methoxy groups -OCH3 is 1. The highest BCUT2D eigenvalue weighted by molar-refractivity contribution is 5.94. The second-order valence-electron chi connectivity index (χ2n) is 4.48. The molecule has 1 N–H and O–H groups in total. The lowest BCUT2D eigenvalue weighted by molar-refractivity contribution is 0.0693. The summed E-state index contributed by atoms with van der Waals surface area (Å²) in [5.41, 5.74) is -0.199. The van der Waals surface area contributed by atoms with E-state index in [9.17, 15) is 9.18 Å². The van der Waals surface area contributed by atoms with Crippen molar-refractivity contribution in [1.82, 2.24) is 5.32 Å². The number of carbonyl (C=O) groups is 1. The van der Waals surface area contributed by atoms with E-state index in [1.807, 2.05) is 0 Å². The molecular weight excluding hydrogens is 237 g/mol. The second-order valence-corrected chi connectivity index (χ2v) is 4.48. The average molecular weight is 253 g/mol. The van der Waals surface area contributed by atoms with E-state index in [2.05, 4.69) is 5.32 Å². The molecule has 1 unspecified atom stereocenters. The van der Waals surface area contributed by atoms with Crippen LogP contribution in [0.1, 0.15) is 16.8 Å². The van der Waals surface area contributed by atoms with Crippen LogP contribution in [0, 0.1) is 5.82 Å². The summed E-state index contributed by atoms with van der Waals surface area (Å²) in [5, 5.41) is 2.88. The van der Waals surface area contributed by atoms with E-state index >= 15 is 0 Å². The Bertz CT molecular complexity index is 430. The quantitative estimate of drug-likeness (QED) is 0.881. The highest BCUT2D eigenvalue weighted by Crippen LogP contribution is 2.19. The Balaban J connectivity index is 2.10. The van der Waals surface area contributed by atoms with Crippen molar-refractivity contribution in [3.05, 3.63) is 35.6 Å². The van der Waals surface area contributed by atoms with Crippen LogP contribution in [-0.4, -0.2) is 38.4 Å². The van der Waals surface area contributed by atoms with Gasteiger partial charge in [0.25, 0.3) is 5.91 Å². The minimum absolute atomic E-state index is 0.303. The third-order valence-electron chi connectivity index (χ3n) is 2.99. The molecule has 0 bridgehead atoms. The fourth-order valence-electron chi connectivity index (χ4n) is 2.07. The lowest BCUT2D eigenvalue weighted by Crippen LogP contribution is -2.52. The van der Waals surface area contributed by atoms with Crippen molar-refractivity contribution in [1.29, 1.82) is 0 Å². The van der Waals surface area contributed by atoms with E-state index in [-0.39, 0.29) is 5.91 Å². The standard InChI is InChI=1S/C13H16FNO3/c1-17-8-13(5-6-18-9-13)15-12(16)10-3-2-4-11(14)7-10/h2-4,7H,5-6,8-9H2,1H3,(H,15,16). The minimum Gasteiger partial charge on any atom is -0.382 e. The molecule has 1 aromatic rings. The van der Waals surface area contributed by atoms with Crippen LogP contribution >= 0.6 is 0 Å². The molecule has 1 atom stereocenters. The summed E-state index contributed by atoms with van der Waals surface area (Å²) in [6, 6.07) is 5.61. The molecule has 1 fully saturated rings. The Labute approximate surface area is 105 Å². The van der Waals surface area contributed by atoms with Gasteiger partial charge in [0.05, 0.1) is 18.8 Å². The smallest absolute Gasteiger partial charge is 0.251 e. The number of rotatable bonds is 4. The first-order valence-corrected chi connectivity index (χ1v) is 5.80. The van der Waals surface area contributed by atoms with Gasteiger partial charge in [-0.1, -0.05) is 6.07 Å². The van der Waals surface area contributed by atoms with Gasteiger partial charge in [-0.25, -0.2) is 4.39 Å². The van der Waals surface area contributed by atoms with E-state index in [0.29, 0.717) is 31.8 Å². The topological polar surface area (TPSA) is 47.6 Å². The zero-order chi connectivity index (χ0) is 13.0. The zero-order valence-electron chi connectivity index (χ0n) is 10.2. The van der Waals surface area contributed by atoms with Crippen molar-refractivity contribution in [2.45, 2.75) is 12.0 Å². The highest BCUT2D eigenvalue weighted by atomic mass is 19.1. The van der Waals surface area contributed by atoms with E-state index in [1.54, 1.807) is 13.2 Å². The molecule has 4 nitrogen and oxygen atoms in total. The highest BCUT2D eigenvalue weighted by Gasteiger charge is 2.36. The molecule has 0 radical (unpaired) electrons. The molecule has 0 aliphatic carbocycles. The number of halogens is 1. The fraction of sp³-hybridized carbons (Fsp3) is 0.462. The van der Waals surface area contributed by atoms with E-state index in [1.165, 1.54) is 18.2 Å². The molecule has 1 saturated heterocycles. The fourth-order valence-corrected chi connectivity index (χ4v) is 2.07. The molecule has 1 amide bonds. The van der Waals surface area contributed by atoms with Crippen molar-refractivity contribution in [2.75, 3.05) is 26.9 Å². The van der Waals surface area contributed by atoms with Gasteiger partial charge in [0.15, 0.2) is 0 Å². The van der Waals surface area contributed by atoms with Gasteiger partial charge < -0.3 is 14.8 Å². The van der Waals surface area contributed by atoms with Gasteiger partial charge in [0.2, 0.25) is 0 Å². The Kier molecular flexibility index (Phi) is 3.93. The van der Waals surface area contributed by atoms with E-state index < -0.39 is 11.4 Å². The molecule has 0 saturated carbocycles. The van der Waals surface area contributed by atoms with Gasteiger partial charge in [-0.15, -0.1) is 0 Å². The normalized spacial score (nSPS) is 23.0. The number of hydrogen-bond acceptors (Lipinski definition) is 3. The van der Waals surface area contributed by atoms with Crippen LogP contribution in [0.25, 0.3) is 0 Å². The first-order chi connectivity index (χ1) is 8.65. The monoisotopic (exact) mass is 253 g/mol. The van der Waals surface area contributed by atoms with Gasteiger partial charge in [0, 0.05) is 19.3 Å². The summed E-state index contributed by atoms with van der Waals surface area (Å²) >= 11 is 0. The molecule has 1 aliphatic heterocycles. The van der Waals surface area contributed by atoms with Gasteiger partial charge in [-0.2, -0.15) is 0 Å². The Hall–Kier alpha value is -1.46. The molecular formula is C13H16FNO3. The van der Waals surface area contributed by atoms with Crippen LogP contribution in [-0.2, 0) is 9.47 Å². The zero-order valence-corrected chi connectivity index (χ0v) is 10.2. The van der Waals surface area contributed by atoms with Crippen LogP contribution in [0.5, 0.6) is 0 Å². The third-order valence-corrected chi connectivity index (χ3v) is 2.99. The largest absolute Gasteiger partial charge is 0.382 e. The second kappa shape index (κ2) is 5.46. The van der Waals surface area contributed by atoms with Crippen LogP contribution in [0.4, 0.5) is 4.39 Å². The molecule has 1 heterocycles. The van der Waals surface area contributed by atoms with Gasteiger partial charge in [0.1, 0.15) is 5.82 Å². The summed E-state index contributed by atoms with van der Waals surface area (Å²) in [7, 11) is 1.58. The molecule has 5 heteroatoms. The van der Waals surface area contributed by atoms with Crippen molar-refractivity contribution in [3.63, 3.8) is 0 Å². The number of carbonyl (C=O) groups excluding carboxylic acids is 1. The maximum absolute atomic E-state index is 13.1. The summed E-state index contributed by atoms with van der Waals surface area (Å²) in [6.07, 6.45) is 0.696. The Morgan fingerprint density at radius 3 is 3.06 bits per heavy atom. The minimum atomic E-state index is -0.502. The third kappa shape index (κ3) is 2.86. The number of nitrogens with one attached hydrogen (secondary N) is 1. The predicted molar refractivity (Wildman–Crippen MR) is 63.9 cm³/mol. The van der Waals surface area contributed by atoms with Crippen molar-refractivity contribution in [2.24, 2.45) is 0 Å². The molecule has 1 aromatic carbocycles. The number of benzene rings is 1. The molecule has 0 aromatic heterocycles. The first-order valence-electron chi connectivity index (χ1n) is 5.80. The molecule has 18 heavy (non-hydrogen) atoms. The Morgan fingerprint density at radius 2 is 2.44 bits per heavy atom. The van der Waals surface area contributed by atoms with Crippen molar-refractivity contribution < 1.29 is 18.7 Å². The summed E-state index contributed by atoms with van der Waals surface area (Å²) in [5.74, 6) is -0.733. The lowest BCUT2D eigenvalue weighted by atomic mass is 9.99. The van der Waals surface area contributed by atoms with E-state index in [0.717, 1.165) is 0 Å². The number of hydrogen-bond donors (Lipinski definition) is 1. The van der Waals surface area contributed by atoms with E-state index in [4.69, 9.17) is 9.47 Å². The van der Waals surface area contributed by atoms with Gasteiger partial charge in [-0.05, 0) is 24.6 Å². The molecule has 0 spiro atoms. The first kappa shape index (κ1) is 13.0. The van der Waals surface area contributed by atoms with Crippen LogP contribution in [0.15, 0.2) is 24.3 Å². The summed E-state index contributed by atoms with van der Waals surface area (Å²) in [6.45, 7) is 1.39. The van der Waals surface area contributed by atoms with Crippen LogP contribution in [0.2, 0.25) is 0 Å². The maximum atomic E-state index is 13.1. The molecule has 98 valence electrons. The SMILES string of the molecule is COCC1(NC(=O)c2cccc(F)c2)CCOC1. The maximum Gasteiger partial charge on any atom is 0.251 e.